The molecule has 1 heterocycles. The fraction of sp³-hybridized carbons (Fsp3) is 0.357. The first-order valence-corrected chi connectivity index (χ1v) is 6.64. The molecular formula is C14H18ClN3. The summed E-state index contributed by atoms with van der Waals surface area (Å²) in [5.74, 6) is 0.928. The van der Waals surface area contributed by atoms with Crippen LogP contribution in [0.4, 0.5) is 0 Å². The first-order chi connectivity index (χ1) is 8.76. The van der Waals surface area contributed by atoms with Crippen LogP contribution in [0.1, 0.15) is 19.4 Å². The van der Waals surface area contributed by atoms with Gasteiger partial charge in [-0.1, -0.05) is 24.6 Å². The second-order valence-corrected chi connectivity index (χ2v) is 4.54. The number of imidazole rings is 1. The Labute approximate surface area is 113 Å². The number of halogens is 1. The second kappa shape index (κ2) is 6.03. The van der Waals surface area contributed by atoms with E-state index in [4.69, 9.17) is 11.6 Å². The van der Waals surface area contributed by atoms with Gasteiger partial charge in [0.15, 0.2) is 0 Å². The summed E-state index contributed by atoms with van der Waals surface area (Å²) in [6.07, 6.45) is 3.78. The number of aromatic nitrogens is 2. The zero-order valence-corrected chi connectivity index (χ0v) is 11.5. The molecule has 0 atom stereocenters. The highest BCUT2D eigenvalue weighted by atomic mass is 35.5. The summed E-state index contributed by atoms with van der Waals surface area (Å²) in [6, 6.07) is 6.15. The zero-order chi connectivity index (χ0) is 13.0. The summed E-state index contributed by atoms with van der Waals surface area (Å²) in [6.45, 7) is 6.88. The second-order valence-electron chi connectivity index (χ2n) is 4.13. The van der Waals surface area contributed by atoms with E-state index in [1.165, 1.54) is 5.56 Å². The van der Waals surface area contributed by atoms with E-state index in [0.29, 0.717) is 0 Å². The Bertz CT molecular complexity index is 520. The van der Waals surface area contributed by atoms with E-state index in [1.807, 2.05) is 24.5 Å². The maximum absolute atomic E-state index is 6.35. The lowest BCUT2D eigenvalue weighted by Gasteiger charge is -2.09. The van der Waals surface area contributed by atoms with Crippen LogP contribution in [0.3, 0.4) is 0 Å². The topological polar surface area (TPSA) is 29.9 Å². The van der Waals surface area contributed by atoms with Gasteiger partial charge in [0.1, 0.15) is 5.82 Å². The summed E-state index contributed by atoms with van der Waals surface area (Å²) < 4.78 is 2.09. The molecule has 1 aromatic heterocycles. The van der Waals surface area contributed by atoms with Gasteiger partial charge in [-0.3, -0.25) is 0 Å². The Hall–Kier alpha value is -1.32. The number of benzene rings is 1. The molecule has 0 aliphatic heterocycles. The molecule has 1 aromatic carbocycles. The third-order valence-electron chi connectivity index (χ3n) is 2.91. The van der Waals surface area contributed by atoms with E-state index in [0.717, 1.165) is 36.0 Å². The van der Waals surface area contributed by atoms with Gasteiger partial charge >= 0.3 is 0 Å². The van der Waals surface area contributed by atoms with Crippen LogP contribution in [0.25, 0.3) is 11.4 Å². The lowest BCUT2D eigenvalue weighted by molar-refractivity contribution is 0.727. The minimum absolute atomic E-state index is 0.756. The lowest BCUT2D eigenvalue weighted by atomic mass is 10.1. The highest BCUT2D eigenvalue weighted by molar-refractivity contribution is 6.33. The van der Waals surface area contributed by atoms with Gasteiger partial charge in [0.05, 0.1) is 5.02 Å². The third-order valence-corrected chi connectivity index (χ3v) is 3.22. The molecule has 0 spiro atoms. The van der Waals surface area contributed by atoms with Gasteiger partial charge in [-0.15, -0.1) is 0 Å². The minimum atomic E-state index is 0.756. The number of aryl methyl sites for hydroxylation is 1. The van der Waals surface area contributed by atoms with Crippen LogP contribution in [-0.4, -0.2) is 16.1 Å². The summed E-state index contributed by atoms with van der Waals surface area (Å²) in [4.78, 5) is 4.37. The van der Waals surface area contributed by atoms with Gasteiger partial charge < -0.3 is 9.88 Å². The molecule has 2 aromatic rings. The van der Waals surface area contributed by atoms with Crippen molar-refractivity contribution < 1.29 is 0 Å². The van der Waals surface area contributed by atoms with Crippen molar-refractivity contribution in [3.63, 3.8) is 0 Å². The molecule has 0 saturated carbocycles. The lowest BCUT2D eigenvalue weighted by Crippen LogP contribution is -2.11. The normalized spacial score (nSPS) is 10.8. The first-order valence-electron chi connectivity index (χ1n) is 6.27. The molecule has 96 valence electrons. The number of hydrogen-bond acceptors (Lipinski definition) is 2. The number of hydrogen-bond donors (Lipinski definition) is 1. The molecule has 0 amide bonds. The first kappa shape index (κ1) is 13.1. The van der Waals surface area contributed by atoms with Crippen molar-refractivity contribution in [1.82, 2.24) is 14.9 Å². The van der Waals surface area contributed by atoms with Gasteiger partial charge in [-0.05, 0) is 31.2 Å². The molecule has 0 saturated heterocycles. The fourth-order valence-electron chi connectivity index (χ4n) is 1.93. The van der Waals surface area contributed by atoms with Gasteiger partial charge in [0.25, 0.3) is 0 Å². The van der Waals surface area contributed by atoms with Gasteiger partial charge in [-0.25, -0.2) is 4.98 Å². The molecular weight excluding hydrogens is 246 g/mol. The van der Waals surface area contributed by atoms with Crippen molar-refractivity contribution >= 4 is 11.6 Å². The van der Waals surface area contributed by atoms with Gasteiger partial charge in [0, 0.05) is 31.0 Å². The van der Waals surface area contributed by atoms with Crippen LogP contribution in [0, 0.1) is 0 Å². The Morgan fingerprint density at radius 2 is 2.17 bits per heavy atom. The predicted molar refractivity (Wildman–Crippen MR) is 75.7 cm³/mol. The smallest absolute Gasteiger partial charge is 0.141 e. The van der Waals surface area contributed by atoms with E-state index in [9.17, 15) is 0 Å². The van der Waals surface area contributed by atoms with Crippen molar-refractivity contribution in [2.24, 2.45) is 0 Å². The highest BCUT2D eigenvalue weighted by Gasteiger charge is 2.09. The van der Waals surface area contributed by atoms with E-state index >= 15 is 0 Å². The summed E-state index contributed by atoms with van der Waals surface area (Å²) >= 11 is 6.35. The van der Waals surface area contributed by atoms with Crippen molar-refractivity contribution in [3.8, 4) is 11.4 Å². The number of nitrogens with zero attached hydrogens (tertiary/aromatic N) is 2. The summed E-state index contributed by atoms with van der Waals surface area (Å²) in [7, 11) is 0. The minimum Gasteiger partial charge on any atom is -0.331 e. The Balaban J connectivity index is 2.30. The van der Waals surface area contributed by atoms with Crippen LogP contribution in [0.2, 0.25) is 5.02 Å². The molecule has 0 radical (unpaired) electrons. The Morgan fingerprint density at radius 3 is 2.83 bits per heavy atom. The Kier molecular flexibility index (Phi) is 4.39. The molecule has 0 aliphatic carbocycles. The molecule has 18 heavy (non-hydrogen) atoms. The predicted octanol–water partition coefficient (Wildman–Crippen LogP) is 3.33. The van der Waals surface area contributed by atoms with E-state index in [2.05, 4.69) is 34.8 Å². The maximum Gasteiger partial charge on any atom is 0.141 e. The summed E-state index contributed by atoms with van der Waals surface area (Å²) in [5, 5.41) is 4.04. The van der Waals surface area contributed by atoms with E-state index in [1.54, 1.807) is 0 Å². The fourth-order valence-corrected chi connectivity index (χ4v) is 2.22. The molecule has 0 unspecified atom stereocenters. The average molecular weight is 264 g/mol. The number of nitrogens with one attached hydrogen (secondary N) is 1. The summed E-state index contributed by atoms with van der Waals surface area (Å²) in [5.41, 5.74) is 2.18. The van der Waals surface area contributed by atoms with Crippen molar-refractivity contribution in [3.05, 3.63) is 41.2 Å². The van der Waals surface area contributed by atoms with E-state index < -0.39 is 0 Å². The van der Waals surface area contributed by atoms with Gasteiger partial charge in [-0.2, -0.15) is 0 Å². The molecule has 3 nitrogen and oxygen atoms in total. The molecule has 2 rings (SSSR count). The van der Waals surface area contributed by atoms with Gasteiger partial charge in [0.2, 0.25) is 0 Å². The maximum atomic E-state index is 6.35. The van der Waals surface area contributed by atoms with Crippen molar-refractivity contribution in [2.75, 3.05) is 6.54 Å². The molecule has 0 fully saturated rings. The van der Waals surface area contributed by atoms with Crippen LogP contribution in [-0.2, 0) is 13.1 Å². The monoisotopic (exact) mass is 263 g/mol. The standard InChI is InChI=1S/C14H18ClN3/c1-3-16-10-11-5-6-12(13(15)9-11)14-17-7-8-18(14)4-2/h5-9,16H,3-4,10H2,1-2H3. The molecule has 0 aliphatic rings. The average Bonchev–Trinajstić information content (AvgIpc) is 2.84. The SMILES string of the molecule is CCNCc1ccc(-c2nccn2CC)c(Cl)c1. The Morgan fingerprint density at radius 1 is 1.33 bits per heavy atom. The largest absolute Gasteiger partial charge is 0.331 e. The zero-order valence-electron chi connectivity index (χ0n) is 10.8. The highest BCUT2D eigenvalue weighted by Crippen LogP contribution is 2.27. The van der Waals surface area contributed by atoms with Crippen molar-refractivity contribution in [1.29, 1.82) is 0 Å². The van der Waals surface area contributed by atoms with Crippen LogP contribution < -0.4 is 5.32 Å². The van der Waals surface area contributed by atoms with E-state index in [-0.39, 0.29) is 0 Å². The molecule has 0 bridgehead atoms. The van der Waals surface area contributed by atoms with Crippen LogP contribution in [0.5, 0.6) is 0 Å². The van der Waals surface area contributed by atoms with Crippen molar-refractivity contribution in [2.45, 2.75) is 26.9 Å². The molecule has 4 heteroatoms. The van der Waals surface area contributed by atoms with Crippen LogP contribution in [0.15, 0.2) is 30.6 Å². The quantitative estimate of drug-likeness (QED) is 0.897. The molecule has 1 N–H and O–H groups in total. The van der Waals surface area contributed by atoms with Crippen LogP contribution >= 0.6 is 11.6 Å². The third kappa shape index (κ3) is 2.74. The number of rotatable bonds is 5.